The van der Waals surface area contributed by atoms with Gasteiger partial charge in [0.2, 0.25) is 15.9 Å². The van der Waals surface area contributed by atoms with Gasteiger partial charge in [0.1, 0.15) is 0 Å². The van der Waals surface area contributed by atoms with Crippen LogP contribution in [0.5, 0.6) is 0 Å². The van der Waals surface area contributed by atoms with Gasteiger partial charge in [-0.2, -0.15) is 4.31 Å². The molecule has 0 saturated carbocycles. The van der Waals surface area contributed by atoms with E-state index in [1.165, 1.54) is 16.4 Å². The van der Waals surface area contributed by atoms with Crippen LogP contribution < -0.4 is 0 Å². The normalized spacial score (nSPS) is 12.0. The van der Waals surface area contributed by atoms with Crippen LogP contribution in [-0.2, 0) is 28.4 Å². The van der Waals surface area contributed by atoms with Gasteiger partial charge in [0, 0.05) is 37.1 Å². The van der Waals surface area contributed by atoms with Gasteiger partial charge in [0.25, 0.3) is 0 Å². The Morgan fingerprint density at radius 2 is 1.83 bits per heavy atom. The first-order valence-corrected chi connectivity index (χ1v) is 12.1. The van der Waals surface area contributed by atoms with Crippen LogP contribution in [0.25, 0.3) is 0 Å². The Labute approximate surface area is 185 Å². The van der Waals surface area contributed by atoms with Crippen molar-refractivity contribution in [3.63, 3.8) is 0 Å². The number of sulfonamides is 1. The minimum atomic E-state index is -3.80. The van der Waals surface area contributed by atoms with Crippen molar-refractivity contribution < 1.29 is 13.2 Å². The number of hydrogen-bond acceptors (Lipinski definition) is 3. The van der Waals surface area contributed by atoms with Gasteiger partial charge in [-0.3, -0.25) is 4.79 Å². The van der Waals surface area contributed by atoms with Crippen molar-refractivity contribution in [2.45, 2.75) is 45.1 Å². The number of aromatic nitrogens is 1. The van der Waals surface area contributed by atoms with E-state index >= 15 is 0 Å². The second-order valence-corrected chi connectivity index (χ2v) is 10.3. The minimum Gasteiger partial charge on any atom is -0.353 e. The highest BCUT2D eigenvalue weighted by atomic mass is 35.5. The third kappa shape index (κ3) is 6.59. The van der Waals surface area contributed by atoms with Crippen molar-refractivity contribution in [3.8, 4) is 0 Å². The topological polar surface area (TPSA) is 62.6 Å². The molecule has 1 aromatic heterocycles. The maximum Gasteiger partial charge on any atom is 0.243 e. The Hall–Kier alpha value is -1.83. The Morgan fingerprint density at radius 1 is 1.17 bits per heavy atom. The first-order chi connectivity index (χ1) is 14.1. The van der Waals surface area contributed by atoms with Crippen LogP contribution in [0.1, 0.15) is 39.3 Å². The molecule has 30 heavy (non-hydrogen) atoms. The molecule has 0 aliphatic heterocycles. The molecule has 2 aromatic rings. The molecule has 1 heterocycles. The van der Waals surface area contributed by atoms with Gasteiger partial charge in [-0.05, 0) is 48.7 Å². The number of benzene rings is 1. The zero-order valence-corrected chi connectivity index (χ0v) is 19.8. The van der Waals surface area contributed by atoms with Crippen LogP contribution in [0.15, 0.2) is 47.5 Å². The highest BCUT2D eigenvalue weighted by Gasteiger charge is 2.28. The molecule has 0 fully saturated rings. The summed E-state index contributed by atoms with van der Waals surface area (Å²) in [5.41, 5.74) is 1.00. The van der Waals surface area contributed by atoms with Gasteiger partial charge in [-0.25, -0.2) is 8.42 Å². The number of nitrogens with zero attached hydrogens (tertiary/aromatic N) is 3. The molecule has 0 aliphatic rings. The quantitative estimate of drug-likeness (QED) is 0.513. The van der Waals surface area contributed by atoms with Crippen molar-refractivity contribution in [3.05, 3.63) is 53.3 Å². The number of hydrogen-bond donors (Lipinski definition) is 0. The lowest BCUT2D eigenvalue weighted by Gasteiger charge is -2.28. The molecule has 8 heteroatoms. The summed E-state index contributed by atoms with van der Waals surface area (Å²) in [6, 6.07) is 9.98. The summed E-state index contributed by atoms with van der Waals surface area (Å²) in [4.78, 5) is 15.1. The molecule has 0 spiro atoms. The van der Waals surface area contributed by atoms with Gasteiger partial charge in [-0.15, -0.1) is 0 Å². The number of halogens is 1. The highest BCUT2D eigenvalue weighted by molar-refractivity contribution is 7.89. The van der Waals surface area contributed by atoms with E-state index in [4.69, 9.17) is 11.6 Å². The summed E-state index contributed by atoms with van der Waals surface area (Å²) in [5.74, 6) is 0.0738. The van der Waals surface area contributed by atoms with Gasteiger partial charge in [0.15, 0.2) is 0 Å². The fraction of sp³-hybridized carbons (Fsp3) is 0.500. The summed E-state index contributed by atoms with van der Waals surface area (Å²) in [5, 5.41) is 0.468. The first kappa shape index (κ1) is 24.4. The first-order valence-electron chi connectivity index (χ1n) is 10.3. The summed E-state index contributed by atoms with van der Waals surface area (Å²) in [6.45, 7) is 7.22. The van der Waals surface area contributed by atoms with Crippen LogP contribution in [0.4, 0.5) is 0 Å². The maximum atomic E-state index is 13.2. The number of carbonyl (C=O) groups is 1. The van der Waals surface area contributed by atoms with E-state index in [-0.39, 0.29) is 23.3 Å². The molecule has 0 aliphatic carbocycles. The standard InChI is InChI=1S/C22H32ClN3O3S/c1-5-6-14-26(30(28,29)21-11-9-19(23)10-12-21)17-22(27)25(15-18(2)3)16-20-8-7-13-24(20)4/h7-13,18H,5-6,14-17H2,1-4H3. The molecule has 0 N–H and O–H groups in total. The zero-order chi connectivity index (χ0) is 22.3. The SMILES string of the molecule is CCCCN(CC(=O)N(Cc1cccn1C)CC(C)C)S(=O)(=O)c1ccc(Cl)cc1. The highest BCUT2D eigenvalue weighted by Crippen LogP contribution is 2.20. The van der Waals surface area contributed by atoms with Crippen molar-refractivity contribution >= 4 is 27.5 Å². The second-order valence-electron chi connectivity index (χ2n) is 7.92. The largest absolute Gasteiger partial charge is 0.353 e. The fourth-order valence-corrected chi connectivity index (χ4v) is 4.73. The van der Waals surface area contributed by atoms with Crippen LogP contribution in [0.3, 0.4) is 0 Å². The van der Waals surface area contributed by atoms with Crippen LogP contribution in [0, 0.1) is 5.92 Å². The van der Waals surface area contributed by atoms with Crippen molar-refractivity contribution in [2.24, 2.45) is 13.0 Å². The molecule has 1 aromatic carbocycles. The lowest BCUT2D eigenvalue weighted by Crippen LogP contribution is -2.44. The van der Waals surface area contributed by atoms with Gasteiger partial charge >= 0.3 is 0 Å². The Morgan fingerprint density at radius 3 is 2.37 bits per heavy atom. The Bertz CT molecular complexity index is 923. The van der Waals surface area contributed by atoms with Crippen molar-refractivity contribution in [1.29, 1.82) is 0 Å². The van der Waals surface area contributed by atoms with Gasteiger partial charge < -0.3 is 9.47 Å². The van der Waals surface area contributed by atoms with Crippen LogP contribution >= 0.6 is 11.6 Å². The van der Waals surface area contributed by atoms with Crippen molar-refractivity contribution in [1.82, 2.24) is 13.8 Å². The Balaban J connectivity index is 2.26. The van der Waals surface area contributed by atoms with E-state index in [1.807, 2.05) is 50.7 Å². The average Bonchev–Trinajstić information content (AvgIpc) is 3.08. The lowest BCUT2D eigenvalue weighted by atomic mass is 10.2. The number of unbranched alkanes of at least 4 members (excludes halogenated alkanes) is 1. The molecular formula is C22H32ClN3O3S. The summed E-state index contributed by atoms with van der Waals surface area (Å²) in [7, 11) is -1.86. The minimum absolute atomic E-state index is 0.147. The fourth-order valence-electron chi connectivity index (χ4n) is 3.18. The van der Waals surface area contributed by atoms with Gasteiger partial charge in [0.05, 0.1) is 18.0 Å². The van der Waals surface area contributed by atoms with Crippen LogP contribution in [-0.4, -0.2) is 47.7 Å². The predicted molar refractivity (Wildman–Crippen MR) is 121 cm³/mol. The maximum absolute atomic E-state index is 13.2. The average molecular weight is 454 g/mol. The third-order valence-electron chi connectivity index (χ3n) is 4.87. The molecule has 1 amide bonds. The number of aryl methyl sites for hydroxylation is 1. The molecule has 2 rings (SSSR count). The molecule has 0 saturated heterocycles. The predicted octanol–water partition coefficient (Wildman–Crippen LogP) is 4.15. The lowest BCUT2D eigenvalue weighted by molar-refractivity contribution is -0.132. The molecule has 6 nitrogen and oxygen atoms in total. The van der Waals surface area contributed by atoms with E-state index in [0.29, 0.717) is 31.1 Å². The summed E-state index contributed by atoms with van der Waals surface area (Å²) >= 11 is 5.91. The summed E-state index contributed by atoms with van der Waals surface area (Å²) < 4.78 is 29.7. The Kier molecular flexibility index (Phi) is 8.94. The van der Waals surface area contributed by atoms with Gasteiger partial charge in [-0.1, -0.05) is 38.8 Å². The van der Waals surface area contributed by atoms with Crippen molar-refractivity contribution in [2.75, 3.05) is 19.6 Å². The molecule has 0 unspecified atom stereocenters. The third-order valence-corrected chi connectivity index (χ3v) is 6.98. The number of carbonyl (C=O) groups excluding carboxylic acids is 1. The molecule has 166 valence electrons. The molecular weight excluding hydrogens is 422 g/mol. The molecule has 0 atom stereocenters. The van der Waals surface area contributed by atoms with E-state index in [1.54, 1.807) is 17.0 Å². The van der Waals surface area contributed by atoms with E-state index in [2.05, 4.69) is 0 Å². The molecule has 0 bridgehead atoms. The zero-order valence-electron chi connectivity index (χ0n) is 18.2. The smallest absolute Gasteiger partial charge is 0.243 e. The second kappa shape index (κ2) is 11.0. The monoisotopic (exact) mass is 453 g/mol. The van der Waals surface area contributed by atoms with E-state index in [0.717, 1.165) is 12.1 Å². The van der Waals surface area contributed by atoms with Crippen LogP contribution in [0.2, 0.25) is 5.02 Å². The van der Waals surface area contributed by atoms with E-state index in [9.17, 15) is 13.2 Å². The number of amides is 1. The summed E-state index contributed by atoms with van der Waals surface area (Å²) in [6.07, 6.45) is 3.45. The number of rotatable bonds is 11. The molecule has 0 radical (unpaired) electrons. The van der Waals surface area contributed by atoms with E-state index < -0.39 is 10.0 Å².